The maximum absolute atomic E-state index is 11.5. The van der Waals surface area contributed by atoms with E-state index in [-0.39, 0.29) is 5.78 Å². The molecule has 0 radical (unpaired) electrons. The number of rotatable bonds is 4. The topological polar surface area (TPSA) is 26.3 Å². The van der Waals surface area contributed by atoms with Crippen molar-refractivity contribution < 1.29 is 9.53 Å². The number of carbonyl (C=O) groups is 1. The third-order valence-electron chi connectivity index (χ3n) is 3.14. The minimum Gasteiger partial charge on any atom is -0.489 e. The van der Waals surface area contributed by atoms with Gasteiger partial charge < -0.3 is 4.74 Å². The first-order chi connectivity index (χ1) is 9.08. The monoisotopic (exact) mass is 254 g/mol. The number of hydrogen-bond acceptors (Lipinski definition) is 2. The molecule has 0 aromatic heterocycles. The molecule has 0 unspecified atom stereocenters. The van der Waals surface area contributed by atoms with Gasteiger partial charge in [0.1, 0.15) is 12.4 Å². The molecule has 0 spiro atoms. The molecule has 0 N–H and O–H groups in total. The maximum Gasteiger partial charge on any atom is 0.160 e. The van der Waals surface area contributed by atoms with E-state index >= 15 is 0 Å². The van der Waals surface area contributed by atoms with Crippen LogP contribution < -0.4 is 4.74 Å². The Bertz CT molecular complexity index is 586. The van der Waals surface area contributed by atoms with Crippen molar-refractivity contribution in [1.29, 1.82) is 0 Å². The standard InChI is InChI=1S/C17H18O2/c1-12-10-17(13(2)9-16(12)14(3)18)19-11-15-7-5-4-6-8-15/h4-10H,11H2,1-3H3. The van der Waals surface area contributed by atoms with Crippen molar-refractivity contribution in [3.8, 4) is 5.75 Å². The lowest BCUT2D eigenvalue weighted by molar-refractivity contribution is 0.101. The number of Topliss-reactive ketones (excluding diaryl/α,β-unsaturated/α-hetero) is 1. The molecule has 2 nitrogen and oxygen atoms in total. The van der Waals surface area contributed by atoms with Gasteiger partial charge in [0.2, 0.25) is 0 Å². The molecule has 0 aliphatic heterocycles. The van der Waals surface area contributed by atoms with Crippen LogP contribution in [-0.2, 0) is 6.61 Å². The summed E-state index contributed by atoms with van der Waals surface area (Å²) in [4.78, 5) is 11.5. The van der Waals surface area contributed by atoms with Crippen LogP contribution in [0.1, 0.15) is 34.0 Å². The molecule has 0 fully saturated rings. The fourth-order valence-corrected chi connectivity index (χ4v) is 2.06. The van der Waals surface area contributed by atoms with Crippen molar-refractivity contribution in [1.82, 2.24) is 0 Å². The molecule has 0 amide bonds. The summed E-state index contributed by atoms with van der Waals surface area (Å²) in [6.07, 6.45) is 0. The molecule has 0 saturated heterocycles. The molecule has 2 aromatic carbocycles. The zero-order valence-corrected chi connectivity index (χ0v) is 11.6. The highest BCUT2D eigenvalue weighted by Gasteiger charge is 2.09. The van der Waals surface area contributed by atoms with Gasteiger partial charge in [-0.15, -0.1) is 0 Å². The average molecular weight is 254 g/mol. The summed E-state index contributed by atoms with van der Waals surface area (Å²) in [7, 11) is 0. The first kappa shape index (κ1) is 13.3. The fourth-order valence-electron chi connectivity index (χ4n) is 2.06. The Labute approximate surface area is 114 Å². The molecule has 0 aliphatic rings. The predicted octanol–water partition coefficient (Wildman–Crippen LogP) is 4.09. The third-order valence-corrected chi connectivity index (χ3v) is 3.14. The molecule has 2 heteroatoms. The molecule has 19 heavy (non-hydrogen) atoms. The van der Waals surface area contributed by atoms with Crippen LogP contribution in [0.4, 0.5) is 0 Å². The summed E-state index contributed by atoms with van der Waals surface area (Å²) in [5.74, 6) is 0.932. The summed E-state index contributed by atoms with van der Waals surface area (Å²) < 4.78 is 5.83. The van der Waals surface area contributed by atoms with E-state index in [1.165, 1.54) is 0 Å². The van der Waals surface area contributed by atoms with Gasteiger partial charge in [-0.1, -0.05) is 30.3 Å². The lowest BCUT2D eigenvalue weighted by Crippen LogP contribution is -2.01. The lowest BCUT2D eigenvalue weighted by Gasteiger charge is -2.12. The second-order valence-electron chi connectivity index (χ2n) is 4.76. The number of benzene rings is 2. The van der Waals surface area contributed by atoms with Crippen LogP contribution in [0, 0.1) is 13.8 Å². The molecule has 2 rings (SSSR count). The Morgan fingerprint density at radius 1 is 1.05 bits per heavy atom. The van der Waals surface area contributed by atoms with Crippen molar-refractivity contribution >= 4 is 5.78 Å². The number of ether oxygens (including phenoxy) is 1. The lowest BCUT2D eigenvalue weighted by atomic mass is 10.0. The SMILES string of the molecule is CC(=O)c1cc(C)c(OCc2ccccc2)cc1C. The van der Waals surface area contributed by atoms with Gasteiger partial charge in [-0.25, -0.2) is 0 Å². The normalized spacial score (nSPS) is 10.3. The van der Waals surface area contributed by atoms with Crippen LogP contribution in [0.3, 0.4) is 0 Å². The molecule has 2 aromatic rings. The Balaban J connectivity index is 2.17. The summed E-state index contributed by atoms with van der Waals surface area (Å²) in [5, 5.41) is 0. The molecular weight excluding hydrogens is 236 g/mol. The number of carbonyl (C=O) groups excluding carboxylic acids is 1. The van der Waals surface area contributed by atoms with E-state index in [0.29, 0.717) is 6.61 Å². The average Bonchev–Trinajstić information content (AvgIpc) is 2.40. The van der Waals surface area contributed by atoms with Crippen molar-refractivity contribution in [3.05, 3.63) is 64.7 Å². The Kier molecular flexibility index (Phi) is 4.00. The first-order valence-corrected chi connectivity index (χ1v) is 6.37. The number of aryl methyl sites for hydroxylation is 2. The largest absolute Gasteiger partial charge is 0.489 e. The summed E-state index contributed by atoms with van der Waals surface area (Å²) in [6, 6.07) is 13.9. The van der Waals surface area contributed by atoms with E-state index in [1.54, 1.807) is 6.92 Å². The van der Waals surface area contributed by atoms with Gasteiger partial charge in [-0.2, -0.15) is 0 Å². The van der Waals surface area contributed by atoms with E-state index in [0.717, 1.165) is 28.0 Å². The van der Waals surface area contributed by atoms with Crippen molar-refractivity contribution in [2.24, 2.45) is 0 Å². The van der Waals surface area contributed by atoms with E-state index < -0.39 is 0 Å². The van der Waals surface area contributed by atoms with Crippen LogP contribution >= 0.6 is 0 Å². The van der Waals surface area contributed by atoms with Gasteiger partial charge in [0.05, 0.1) is 0 Å². The van der Waals surface area contributed by atoms with Crippen LogP contribution in [0.2, 0.25) is 0 Å². The van der Waals surface area contributed by atoms with Crippen LogP contribution in [0.25, 0.3) is 0 Å². The third kappa shape index (κ3) is 3.22. The van der Waals surface area contributed by atoms with Gasteiger partial charge in [0.25, 0.3) is 0 Å². The van der Waals surface area contributed by atoms with Crippen LogP contribution in [0.5, 0.6) is 5.75 Å². The minimum absolute atomic E-state index is 0.0928. The van der Waals surface area contributed by atoms with E-state index in [1.807, 2.05) is 56.3 Å². The van der Waals surface area contributed by atoms with Crippen molar-refractivity contribution in [3.63, 3.8) is 0 Å². The second-order valence-corrected chi connectivity index (χ2v) is 4.76. The van der Waals surface area contributed by atoms with Gasteiger partial charge in [0.15, 0.2) is 5.78 Å². The first-order valence-electron chi connectivity index (χ1n) is 6.37. The van der Waals surface area contributed by atoms with Gasteiger partial charge in [-0.05, 0) is 49.6 Å². The highest BCUT2D eigenvalue weighted by molar-refractivity contribution is 5.95. The second kappa shape index (κ2) is 5.70. The van der Waals surface area contributed by atoms with E-state index in [2.05, 4.69) is 0 Å². The molecule has 0 aliphatic carbocycles. The summed E-state index contributed by atoms with van der Waals surface area (Å²) >= 11 is 0. The van der Waals surface area contributed by atoms with Crippen molar-refractivity contribution in [2.75, 3.05) is 0 Å². The maximum atomic E-state index is 11.5. The molecule has 0 bridgehead atoms. The number of hydrogen-bond donors (Lipinski definition) is 0. The Morgan fingerprint density at radius 3 is 2.37 bits per heavy atom. The predicted molar refractivity (Wildman–Crippen MR) is 76.7 cm³/mol. The molecule has 0 saturated carbocycles. The molecule has 0 atom stereocenters. The Hall–Kier alpha value is -2.09. The quantitative estimate of drug-likeness (QED) is 0.768. The van der Waals surface area contributed by atoms with Crippen LogP contribution in [0.15, 0.2) is 42.5 Å². The fraction of sp³-hybridized carbons (Fsp3) is 0.235. The van der Waals surface area contributed by atoms with Gasteiger partial charge in [0, 0.05) is 5.56 Å². The Morgan fingerprint density at radius 2 is 1.74 bits per heavy atom. The van der Waals surface area contributed by atoms with E-state index in [4.69, 9.17) is 4.74 Å². The minimum atomic E-state index is 0.0928. The van der Waals surface area contributed by atoms with Crippen molar-refractivity contribution in [2.45, 2.75) is 27.4 Å². The summed E-state index contributed by atoms with van der Waals surface area (Å²) in [6.45, 7) is 6.03. The molecular formula is C17H18O2. The molecule has 0 heterocycles. The van der Waals surface area contributed by atoms with Crippen LogP contribution in [-0.4, -0.2) is 5.78 Å². The number of ketones is 1. The van der Waals surface area contributed by atoms with Gasteiger partial charge >= 0.3 is 0 Å². The van der Waals surface area contributed by atoms with Gasteiger partial charge in [-0.3, -0.25) is 4.79 Å². The summed E-state index contributed by atoms with van der Waals surface area (Å²) in [5.41, 5.74) is 3.85. The zero-order valence-electron chi connectivity index (χ0n) is 11.6. The zero-order chi connectivity index (χ0) is 13.8. The van der Waals surface area contributed by atoms with E-state index in [9.17, 15) is 4.79 Å². The molecule has 98 valence electrons. The highest BCUT2D eigenvalue weighted by atomic mass is 16.5. The highest BCUT2D eigenvalue weighted by Crippen LogP contribution is 2.24. The smallest absolute Gasteiger partial charge is 0.160 e.